The molecule has 0 bridgehead atoms. The van der Waals surface area contributed by atoms with Crippen molar-refractivity contribution in [2.75, 3.05) is 20.1 Å². The van der Waals surface area contributed by atoms with Crippen LogP contribution < -0.4 is 0 Å². The monoisotopic (exact) mass is 367 g/mol. The number of aliphatic hydroxyl groups is 1. The maximum atomic E-state index is 12.8. The molecule has 2 atom stereocenters. The number of aliphatic hydroxyl groups excluding tert-OH is 1. The Kier molecular flexibility index (Phi) is 5.67. The summed E-state index contributed by atoms with van der Waals surface area (Å²) >= 11 is 0. The minimum absolute atomic E-state index is 0.256. The second-order valence-electron chi connectivity index (χ2n) is 7.16. The van der Waals surface area contributed by atoms with Gasteiger partial charge in [-0.3, -0.25) is 0 Å². The van der Waals surface area contributed by atoms with Gasteiger partial charge in [0.15, 0.2) is 5.69 Å². The molecule has 0 fully saturated rings. The van der Waals surface area contributed by atoms with E-state index in [2.05, 4.69) is 9.88 Å². The van der Waals surface area contributed by atoms with Crippen molar-refractivity contribution in [2.45, 2.75) is 38.1 Å². The zero-order valence-corrected chi connectivity index (χ0v) is 14.8. The predicted octanol–water partition coefficient (Wildman–Crippen LogP) is 3.00. The van der Waals surface area contributed by atoms with Crippen LogP contribution in [-0.2, 0) is 25.6 Å². The lowest BCUT2D eigenvalue weighted by atomic mass is 9.98. The molecule has 0 saturated heterocycles. The molecule has 2 unspecified atom stereocenters. The number of aryl methyl sites for hydroxylation is 1. The van der Waals surface area contributed by atoms with Crippen LogP contribution in [0.2, 0.25) is 0 Å². The van der Waals surface area contributed by atoms with E-state index in [0.717, 1.165) is 24.7 Å². The summed E-state index contributed by atoms with van der Waals surface area (Å²) in [6.45, 7) is 1.82. The molecule has 0 aliphatic carbocycles. The van der Waals surface area contributed by atoms with Crippen LogP contribution in [0.15, 0.2) is 36.5 Å². The molecule has 1 aromatic carbocycles. The molecule has 1 aliphatic rings. The Bertz CT molecular complexity index is 715. The minimum Gasteiger partial charge on any atom is -0.391 e. The fourth-order valence-corrected chi connectivity index (χ4v) is 3.63. The van der Waals surface area contributed by atoms with E-state index in [4.69, 9.17) is 0 Å². The fraction of sp³-hybridized carbons (Fsp3) is 0.526. The van der Waals surface area contributed by atoms with Gasteiger partial charge in [0.25, 0.3) is 0 Å². The summed E-state index contributed by atoms with van der Waals surface area (Å²) < 4.78 is 40.0. The standard InChI is InChI=1S/C19H24F3N3O/c1-24(12-16(26)9-14-5-3-2-4-6-14)10-15-7-8-18-23-17(19(20,21)22)13-25(18)11-15/h2-6,13,15-16,26H,7-12H2,1H3. The van der Waals surface area contributed by atoms with E-state index in [-0.39, 0.29) is 5.92 Å². The summed E-state index contributed by atoms with van der Waals surface area (Å²) in [5.74, 6) is 0.770. The molecule has 0 radical (unpaired) electrons. The van der Waals surface area contributed by atoms with Crippen molar-refractivity contribution in [3.63, 3.8) is 0 Å². The quantitative estimate of drug-likeness (QED) is 0.853. The van der Waals surface area contributed by atoms with E-state index in [9.17, 15) is 18.3 Å². The Hall–Kier alpha value is -1.86. The van der Waals surface area contributed by atoms with Crippen LogP contribution >= 0.6 is 0 Å². The molecule has 1 N–H and O–H groups in total. The van der Waals surface area contributed by atoms with Crippen molar-refractivity contribution in [2.24, 2.45) is 5.92 Å². The molecule has 1 aliphatic heterocycles. The van der Waals surface area contributed by atoms with Gasteiger partial charge >= 0.3 is 6.18 Å². The zero-order chi connectivity index (χ0) is 18.7. The first kappa shape index (κ1) is 18.9. The molecule has 4 nitrogen and oxygen atoms in total. The highest BCUT2D eigenvalue weighted by atomic mass is 19.4. The fourth-order valence-electron chi connectivity index (χ4n) is 3.63. The highest BCUT2D eigenvalue weighted by molar-refractivity contribution is 5.15. The van der Waals surface area contributed by atoms with Crippen molar-refractivity contribution in [1.82, 2.24) is 14.5 Å². The zero-order valence-electron chi connectivity index (χ0n) is 14.8. The van der Waals surface area contributed by atoms with Crippen LogP contribution in [0.25, 0.3) is 0 Å². The lowest BCUT2D eigenvalue weighted by Gasteiger charge is -2.29. The lowest BCUT2D eigenvalue weighted by molar-refractivity contribution is -0.141. The molecule has 0 amide bonds. The van der Waals surface area contributed by atoms with Gasteiger partial charge in [-0.05, 0) is 31.4 Å². The van der Waals surface area contributed by atoms with Crippen LogP contribution in [0.5, 0.6) is 0 Å². The van der Waals surface area contributed by atoms with Gasteiger partial charge in [0.1, 0.15) is 5.82 Å². The molecule has 0 saturated carbocycles. The van der Waals surface area contributed by atoms with E-state index in [0.29, 0.717) is 31.8 Å². The number of alkyl halides is 3. The maximum Gasteiger partial charge on any atom is 0.434 e. The van der Waals surface area contributed by atoms with E-state index >= 15 is 0 Å². The third kappa shape index (κ3) is 4.86. The number of aromatic nitrogens is 2. The van der Waals surface area contributed by atoms with Gasteiger partial charge in [-0.15, -0.1) is 0 Å². The van der Waals surface area contributed by atoms with Crippen LogP contribution in [-0.4, -0.2) is 45.8 Å². The smallest absolute Gasteiger partial charge is 0.391 e. The summed E-state index contributed by atoms with van der Waals surface area (Å²) in [4.78, 5) is 5.78. The van der Waals surface area contributed by atoms with Crippen LogP contribution in [0.1, 0.15) is 23.5 Å². The topological polar surface area (TPSA) is 41.3 Å². The first-order valence-electron chi connectivity index (χ1n) is 8.85. The largest absolute Gasteiger partial charge is 0.434 e. The van der Waals surface area contributed by atoms with Crippen LogP contribution in [0.3, 0.4) is 0 Å². The van der Waals surface area contributed by atoms with E-state index in [1.54, 1.807) is 4.57 Å². The molecule has 7 heteroatoms. The van der Waals surface area contributed by atoms with Gasteiger partial charge in [0, 0.05) is 32.3 Å². The van der Waals surface area contributed by atoms with Crippen LogP contribution in [0, 0.1) is 5.92 Å². The third-order valence-corrected chi connectivity index (χ3v) is 4.79. The molecule has 3 rings (SSSR count). The van der Waals surface area contributed by atoms with E-state index < -0.39 is 18.0 Å². The molecule has 2 aromatic rings. The van der Waals surface area contributed by atoms with Crippen molar-refractivity contribution in [3.8, 4) is 0 Å². The van der Waals surface area contributed by atoms with Crippen molar-refractivity contribution < 1.29 is 18.3 Å². The number of imidazole rings is 1. The lowest BCUT2D eigenvalue weighted by Crippen LogP contribution is -2.36. The molecule has 142 valence electrons. The summed E-state index contributed by atoms with van der Waals surface area (Å²) in [6.07, 6.45) is -1.78. The van der Waals surface area contributed by atoms with Gasteiger partial charge in [-0.25, -0.2) is 4.98 Å². The number of hydrogen-bond acceptors (Lipinski definition) is 3. The SMILES string of the molecule is CN(CC(O)Cc1ccccc1)CC1CCc2nc(C(F)(F)F)cn2C1. The number of likely N-dealkylation sites (N-methyl/N-ethyl adjacent to an activating group) is 1. The second kappa shape index (κ2) is 7.80. The Balaban J connectivity index is 1.51. The first-order valence-corrected chi connectivity index (χ1v) is 8.85. The highest BCUT2D eigenvalue weighted by Crippen LogP contribution is 2.30. The van der Waals surface area contributed by atoms with Gasteiger partial charge < -0.3 is 14.6 Å². The Morgan fingerprint density at radius 2 is 2.04 bits per heavy atom. The summed E-state index contributed by atoms with van der Waals surface area (Å²) in [7, 11) is 1.94. The molecule has 0 spiro atoms. The van der Waals surface area contributed by atoms with Gasteiger partial charge in [0.2, 0.25) is 0 Å². The van der Waals surface area contributed by atoms with E-state index in [1.165, 1.54) is 0 Å². The van der Waals surface area contributed by atoms with Gasteiger partial charge in [-0.2, -0.15) is 13.2 Å². The Labute approximate surface area is 151 Å². The van der Waals surface area contributed by atoms with Crippen LogP contribution in [0.4, 0.5) is 13.2 Å². The first-order chi connectivity index (χ1) is 12.3. The van der Waals surface area contributed by atoms with Gasteiger partial charge in [-0.1, -0.05) is 30.3 Å². The summed E-state index contributed by atoms with van der Waals surface area (Å²) in [5.41, 5.74) is 0.286. The van der Waals surface area contributed by atoms with Gasteiger partial charge in [0.05, 0.1) is 6.10 Å². The number of nitrogens with zero attached hydrogens (tertiary/aromatic N) is 3. The van der Waals surface area contributed by atoms with Crippen molar-refractivity contribution in [3.05, 3.63) is 53.6 Å². The Morgan fingerprint density at radius 3 is 2.73 bits per heavy atom. The molecule has 1 aromatic heterocycles. The average molecular weight is 367 g/mol. The number of fused-ring (bicyclic) bond motifs is 1. The highest BCUT2D eigenvalue weighted by Gasteiger charge is 2.35. The molecular weight excluding hydrogens is 343 g/mol. The average Bonchev–Trinajstić information content (AvgIpc) is 2.99. The normalized spacial score (nSPS) is 18.8. The Morgan fingerprint density at radius 1 is 1.31 bits per heavy atom. The maximum absolute atomic E-state index is 12.8. The molecule has 2 heterocycles. The minimum atomic E-state index is -4.39. The predicted molar refractivity (Wildman–Crippen MR) is 92.7 cm³/mol. The number of hydrogen-bond donors (Lipinski definition) is 1. The van der Waals surface area contributed by atoms with Crippen molar-refractivity contribution in [1.29, 1.82) is 0 Å². The van der Waals surface area contributed by atoms with E-state index in [1.807, 2.05) is 37.4 Å². The molecule has 26 heavy (non-hydrogen) atoms. The summed E-state index contributed by atoms with van der Waals surface area (Å²) in [6, 6.07) is 9.82. The number of benzene rings is 1. The number of rotatable bonds is 6. The molecular formula is C19H24F3N3O. The third-order valence-electron chi connectivity index (χ3n) is 4.79. The summed E-state index contributed by atoms with van der Waals surface area (Å²) in [5, 5.41) is 10.3. The number of halogens is 3. The van der Waals surface area contributed by atoms with Crippen molar-refractivity contribution >= 4 is 0 Å². The second-order valence-corrected chi connectivity index (χ2v) is 7.16.